The first-order valence-electron chi connectivity index (χ1n) is 11.0. The molecule has 4 rings (SSSR count). The minimum absolute atomic E-state index is 0.0406. The number of thioether (sulfide) groups is 1. The van der Waals surface area contributed by atoms with Crippen molar-refractivity contribution in [3.8, 4) is 11.3 Å². The maximum atomic E-state index is 12.8. The van der Waals surface area contributed by atoms with Crippen molar-refractivity contribution >= 4 is 63.8 Å². The number of esters is 1. The van der Waals surface area contributed by atoms with Gasteiger partial charge in [0.2, 0.25) is 5.91 Å². The van der Waals surface area contributed by atoms with Gasteiger partial charge in [-0.2, -0.15) is 0 Å². The molecule has 2 heterocycles. The molecule has 1 aliphatic heterocycles. The molecular formula is C25H18ClN3O8S. The molecule has 0 bridgehead atoms. The van der Waals surface area contributed by atoms with Crippen LogP contribution in [0, 0.1) is 10.1 Å². The first-order chi connectivity index (χ1) is 18.2. The van der Waals surface area contributed by atoms with Gasteiger partial charge in [-0.15, -0.1) is 0 Å². The van der Waals surface area contributed by atoms with Gasteiger partial charge in [-0.05, 0) is 49.0 Å². The first kappa shape index (κ1) is 26.6. The molecule has 11 nitrogen and oxygen atoms in total. The Morgan fingerprint density at radius 2 is 1.97 bits per heavy atom. The van der Waals surface area contributed by atoms with Crippen molar-refractivity contribution in [1.82, 2.24) is 4.90 Å². The molecule has 3 aromatic rings. The average Bonchev–Trinajstić information content (AvgIpc) is 3.45. The summed E-state index contributed by atoms with van der Waals surface area (Å²) in [6, 6.07) is 13.2. The number of benzene rings is 2. The molecule has 1 aromatic heterocycles. The molecule has 1 N–H and O–H groups in total. The van der Waals surface area contributed by atoms with Crippen LogP contribution in [0.4, 0.5) is 16.2 Å². The van der Waals surface area contributed by atoms with Crippen molar-refractivity contribution in [3.63, 3.8) is 0 Å². The van der Waals surface area contributed by atoms with E-state index in [1.165, 1.54) is 42.5 Å². The van der Waals surface area contributed by atoms with Gasteiger partial charge in [0.15, 0.2) is 0 Å². The third-order valence-electron chi connectivity index (χ3n) is 5.16. The minimum atomic E-state index is -0.688. The van der Waals surface area contributed by atoms with Crippen LogP contribution in [0.5, 0.6) is 0 Å². The highest BCUT2D eigenvalue weighted by Gasteiger charge is 2.36. The van der Waals surface area contributed by atoms with Gasteiger partial charge in [-0.25, -0.2) is 4.79 Å². The van der Waals surface area contributed by atoms with E-state index in [4.69, 9.17) is 20.8 Å². The van der Waals surface area contributed by atoms with Crippen molar-refractivity contribution in [2.24, 2.45) is 0 Å². The van der Waals surface area contributed by atoms with E-state index < -0.39 is 34.5 Å². The molecule has 0 unspecified atom stereocenters. The quantitative estimate of drug-likeness (QED) is 0.168. The summed E-state index contributed by atoms with van der Waals surface area (Å²) in [6.07, 6.45) is 1.36. The predicted molar refractivity (Wildman–Crippen MR) is 140 cm³/mol. The molecule has 38 heavy (non-hydrogen) atoms. The highest BCUT2D eigenvalue weighted by molar-refractivity contribution is 8.18. The molecule has 3 amide bonds. The van der Waals surface area contributed by atoms with E-state index in [-0.39, 0.29) is 39.2 Å². The number of hydrogen-bond donors (Lipinski definition) is 1. The van der Waals surface area contributed by atoms with Gasteiger partial charge >= 0.3 is 5.97 Å². The number of furan rings is 1. The SMILES string of the molecule is CCOC(=O)c1cc(NC(=O)CN2C(=O)S/C(=C/c3ccc(-c4cccc([N+](=O)[O-])c4)o3)C2=O)ccc1Cl. The highest BCUT2D eigenvalue weighted by atomic mass is 35.5. The summed E-state index contributed by atoms with van der Waals surface area (Å²) in [5.74, 6) is -1.43. The topological polar surface area (TPSA) is 149 Å². The van der Waals surface area contributed by atoms with Crippen molar-refractivity contribution in [1.29, 1.82) is 0 Å². The van der Waals surface area contributed by atoms with Crippen LogP contribution in [0.3, 0.4) is 0 Å². The van der Waals surface area contributed by atoms with E-state index >= 15 is 0 Å². The monoisotopic (exact) mass is 555 g/mol. The molecule has 2 aromatic carbocycles. The smallest absolute Gasteiger partial charge is 0.339 e. The zero-order valence-corrected chi connectivity index (χ0v) is 21.2. The molecule has 0 atom stereocenters. The number of carbonyl (C=O) groups excluding carboxylic acids is 4. The number of non-ortho nitro benzene ring substituents is 1. The maximum Gasteiger partial charge on any atom is 0.339 e. The van der Waals surface area contributed by atoms with Crippen molar-refractivity contribution < 1.29 is 33.3 Å². The highest BCUT2D eigenvalue weighted by Crippen LogP contribution is 2.34. The number of rotatable bonds is 8. The average molecular weight is 556 g/mol. The van der Waals surface area contributed by atoms with E-state index in [2.05, 4.69) is 5.32 Å². The lowest BCUT2D eigenvalue weighted by Crippen LogP contribution is -2.36. The van der Waals surface area contributed by atoms with E-state index in [1.807, 2.05) is 0 Å². The van der Waals surface area contributed by atoms with Gasteiger partial charge in [0.25, 0.3) is 16.8 Å². The second-order valence-electron chi connectivity index (χ2n) is 7.74. The van der Waals surface area contributed by atoms with Gasteiger partial charge in [0, 0.05) is 29.5 Å². The Kier molecular flexibility index (Phi) is 7.93. The van der Waals surface area contributed by atoms with Crippen LogP contribution in [0.25, 0.3) is 17.4 Å². The molecule has 1 fully saturated rings. The maximum absolute atomic E-state index is 12.8. The summed E-state index contributed by atoms with van der Waals surface area (Å²) in [4.78, 5) is 61.1. The van der Waals surface area contributed by atoms with E-state index in [0.717, 1.165) is 4.90 Å². The number of halogens is 1. The fourth-order valence-electron chi connectivity index (χ4n) is 3.44. The van der Waals surface area contributed by atoms with Gasteiger partial charge in [0.05, 0.1) is 27.0 Å². The van der Waals surface area contributed by atoms with Crippen molar-refractivity contribution in [3.05, 3.63) is 86.0 Å². The number of hydrogen-bond acceptors (Lipinski definition) is 9. The summed E-state index contributed by atoms with van der Waals surface area (Å²) >= 11 is 6.66. The number of carbonyl (C=O) groups is 4. The van der Waals surface area contributed by atoms with Crippen LogP contribution >= 0.6 is 23.4 Å². The van der Waals surface area contributed by atoms with E-state index in [9.17, 15) is 29.3 Å². The number of nitro groups is 1. The van der Waals surface area contributed by atoms with E-state index in [0.29, 0.717) is 23.1 Å². The lowest BCUT2D eigenvalue weighted by molar-refractivity contribution is -0.384. The Morgan fingerprint density at radius 1 is 1.18 bits per heavy atom. The third-order valence-corrected chi connectivity index (χ3v) is 6.40. The van der Waals surface area contributed by atoms with Crippen LogP contribution in [-0.4, -0.2) is 46.0 Å². The molecule has 0 radical (unpaired) electrons. The van der Waals surface area contributed by atoms with Gasteiger partial charge < -0.3 is 14.5 Å². The standard InChI is InChI=1S/C25H18ClN3O8S/c1-2-36-24(32)18-11-15(6-8-19(18)26)27-22(30)13-28-23(31)21(38-25(28)33)12-17-7-9-20(37-17)14-4-3-5-16(10-14)29(34)35/h3-12H,2,13H2,1H3,(H,27,30)/b21-12+. The van der Waals surface area contributed by atoms with Gasteiger partial charge in [-0.3, -0.25) is 29.4 Å². The summed E-state index contributed by atoms with van der Waals surface area (Å²) < 4.78 is 10.6. The molecular weight excluding hydrogens is 538 g/mol. The lowest BCUT2D eigenvalue weighted by Gasteiger charge is -2.13. The largest absolute Gasteiger partial charge is 0.462 e. The van der Waals surface area contributed by atoms with Crippen LogP contribution in [0.2, 0.25) is 5.02 Å². The summed E-state index contributed by atoms with van der Waals surface area (Å²) in [5, 5.41) is 13.0. The summed E-state index contributed by atoms with van der Waals surface area (Å²) in [5.41, 5.74) is 0.657. The van der Waals surface area contributed by atoms with Crippen LogP contribution in [0.1, 0.15) is 23.0 Å². The minimum Gasteiger partial charge on any atom is -0.462 e. The number of imide groups is 1. The number of nitro benzene ring substituents is 1. The Hall–Kier alpha value is -4.42. The van der Waals surface area contributed by atoms with E-state index in [1.54, 1.807) is 25.1 Å². The van der Waals surface area contributed by atoms with Gasteiger partial charge in [0.1, 0.15) is 18.1 Å². The first-order valence-corrected chi connectivity index (χ1v) is 12.2. The second-order valence-corrected chi connectivity index (χ2v) is 9.14. The Bertz CT molecular complexity index is 1500. The molecule has 194 valence electrons. The normalized spacial score (nSPS) is 14.2. The molecule has 0 saturated carbocycles. The number of ether oxygens (including phenoxy) is 1. The Labute approximate surface area is 224 Å². The molecule has 1 saturated heterocycles. The number of nitrogens with one attached hydrogen (secondary N) is 1. The molecule has 0 aliphatic carbocycles. The molecule has 13 heteroatoms. The Morgan fingerprint density at radius 3 is 2.71 bits per heavy atom. The fraction of sp³-hybridized carbons (Fsp3) is 0.120. The van der Waals surface area contributed by atoms with Crippen molar-refractivity contribution in [2.75, 3.05) is 18.5 Å². The van der Waals surface area contributed by atoms with Gasteiger partial charge in [-0.1, -0.05) is 23.7 Å². The molecule has 1 aliphatic rings. The number of nitrogens with zero attached hydrogens (tertiary/aromatic N) is 2. The van der Waals surface area contributed by atoms with Crippen LogP contribution in [0.15, 0.2) is 63.9 Å². The van der Waals surface area contributed by atoms with Crippen molar-refractivity contribution in [2.45, 2.75) is 6.92 Å². The second kappa shape index (κ2) is 11.3. The number of amides is 3. The fourth-order valence-corrected chi connectivity index (χ4v) is 4.45. The van der Waals surface area contributed by atoms with Crippen LogP contribution in [-0.2, 0) is 14.3 Å². The zero-order valence-electron chi connectivity index (χ0n) is 19.6. The number of anilines is 1. The Balaban J connectivity index is 1.44. The lowest BCUT2D eigenvalue weighted by atomic mass is 10.1. The summed E-state index contributed by atoms with van der Waals surface area (Å²) in [6.45, 7) is 1.23. The van der Waals surface area contributed by atoms with Crippen LogP contribution < -0.4 is 5.32 Å². The predicted octanol–water partition coefficient (Wildman–Crippen LogP) is 5.36. The summed E-state index contributed by atoms with van der Waals surface area (Å²) in [7, 11) is 0. The third kappa shape index (κ3) is 5.93. The molecule has 0 spiro atoms. The zero-order chi connectivity index (χ0) is 27.4.